The molecule has 0 bridgehead atoms. The number of aromatic nitrogens is 1. The molecule has 3 heterocycles. The third-order valence-corrected chi connectivity index (χ3v) is 7.34. The molecular weight excluding hydrogens is 334 g/mol. The zero-order valence-electron chi connectivity index (χ0n) is 13.1. The van der Waals surface area contributed by atoms with Crippen molar-refractivity contribution in [3.8, 4) is 0 Å². The van der Waals surface area contributed by atoms with Crippen molar-refractivity contribution in [2.75, 3.05) is 0 Å². The molecule has 1 amide bonds. The first-order chi connectivity index (χ1) is 11.1. The van der Waals surface area contributed by atoms with Crippen LogP contribution in [0.5, 0.6) is 0 Å². The second-order valence-corrected chi connectivity index (χ2v) is 8.94. The van der Waals surface area contributed by atoms with E-state index in [0.29, 0.717) is 12.2 Å². The molecule has 3 N–H and O–H groups in total. The second kappa shape index (κ2) is 5.12. The topological polar surface area (TPSA) is 131 Å². The van der Waals surface area contributed by atoms with E-state index in [0.717, 1.165) is 10.5 Å². The van der Waals surface area contributed by atoms with Crippen LogP contribution in [-0.2, 0) is 26.0 Å². The minimum Gasteiger partial charge on any atom is -0.480 e. The monoisotopic (exact) mass is 351 g/mol. The number of nitrogens with two attached hydrogens (primary N) is 1. The molecule has 1 aromatic rings. The molecule has 2 aliphatic heterocycles. The van der Waals surface area contributed by atoms with Crippen LogP contribution in [0.15, 0.2) is 23.9 Å². The summed E-state index contributed by atoms with van der Waals surface area (Å²) in [7, 11) is -3.87. The fraction of sp³-hybridized carbons (Fsp3) is 0.400. The summed E-state index contributed by atoms with van der Waals surface area (Å²) in [6.45, 7) is 2.99. The number of hydrogen-bond acceptors (Lipinski definition) is 6. The minimum atomic E-state index is -3.87. The Morgan fingerprint density at radius 3 is 2.62 bits per heavy atom. The van der Waals surface area contributed by atoms with Gasteiger partial charge in [0.05, 0.1) is 11.3 Å². The van der Waals surface area contributed by atoms with Crippen LogP contribution >= 0.6 is 0 Å². The maximum absolute atomic E-state index is 12.7. The number of rotatable bonds is 3. The van der Waals surface area contributed by atoms with Gasteiger partial charge in [0.25, 0.3) is 5.91 Å². The first-order valence-corrected chi connectivity index (χ1v) is 8.83. The highest BCUT2D eigenvalue weighted by Gasteiger charge is 2.70. The number of nitrogens with zero attached hydrogens (tertiary/aromatic N) is 2. The van der Waals surface area contributed by atoms with Crippen LogP contribution in [-0.4, -0.2) is 51.4 Å². The van der Waals surface area contributed by atoms with Crippen LogP contribution in [0.25, 0.3) is 6.08 Å². The highest BCUT2D eigenvalue weighted by Crippen LogP contribution is 2.48. The molecule has 1 aromatic heterocycles. The zero-order valence-corrected chi connectivity index (χ0v) is 13.9. The van der Waals surface area contributed by atoms with E-state index in [9.17, 15) is 23.1 Å². The Morgan fingerprint density at radius 1 is 1.46 bits per heavy atom. The van der Waals surface area contributed by atoms with Crippen molar-refractivity contribution >= 4 is 27.8 Å². The summed E-state index contributed by atoms with van der Waals surface area (Å²) < 4.78 is 23.8. The Balaban J connectivity index is 2.04. The predicted octanol–water partition coefficient (Wildman–Crippen LogP) is -0.248. The van der Waals surface area contributed by atoms with Crippen LogP contribution in [0.1, 0.15) is 25.1 Å². The van der Waals surface area contributed by atoms with E-state index in [1.165, 1.54) is 19.9 Å². The Kier molecular flexibility index (Phi) is 3.54. The van der Waals surface area contributed by atoms with Gasteiger partial charge in [-0.3, -0.25) is 9.78 Å². The van der Waals surface area contributed by atoms with Gasteiger partial charge >= 0.3 is 5.97 Å². The summed E-state index contributed by atoms with van der Waals surface area (Å²) >= 11 is 0. The van der Waals surface area contributed by atoms with Gasteiger partial charge in [-0.15, -0.1) is 0 Å². The lowest BCUT2D eigenvalue weighted by molar-refractivity contribution is -0.152. The number of hydrogen-bond donors (Lipinski definition) is 2. The van der Waals surface area contributed by atoms with Gasteiger partial charge in [-0.1, -0.05) is 6.07 Å². The predicted molar refractivity (Wildman–Crippen MR) is 85.2 cm³/mol. The Bertz CT molecular complexity index is 858. The van der Waals surface area contributed by atoms with E-state index in [1.54, 1.807) is 18.3 Å². The summed E-state index contributed by atoms with van der Waals surface area (Å²) in [5.74, 6) is -1.92. The molecule has 0 aliphatic carbocycles. The van der Waals surface area contributed by atoms with Crippen molar-refractivity contribution in [1.82, 2.24) is 9.88 Å². The second-order valence-electron chi connectivity index (χ2n) is 6.35. The Morgan fingerprint density at radius 2 is 2.12 bits per heavy atom. The smallest absolute Gasteiger partial charge is 0.328 e. The quantitative estimate of drug-likeness (QED) is 0.567. The van der Waals surface area contributed by atoms with Gasteiger partial charge in [0.15, 0.2) is 21.3 Å². The van der Waals surface area contributed by atoms with Crippen LogP contribution in [0.3, 0.4) is 0 Å². The van der Waals surface area contributed by atoms with Crippen molar-refractivity contribution in [3.05, 3.63) is 35.2 Å². The van der Waals surface area contributed by atoms with E-state index in [2.05, 4.69) is 4.98 Å². The molecule has 2 aliphatic rings. The van der Waals surface area contributed by atoms with Crippen molar-refractivity contribution in [3.63, 3.8) is 0 Å². The first kappa shape index (κ1) is 16.6. The van der Waals surface area contributed by atoms with Crippen molar-refractivity contribution in [1.29, 1.82) is 0 Å². The number of aliphatic carboxylic acids is 1. The number of carbonyl (C=O) groups is 2. The molecule has 8 nitrogen and oxygen atoms in total. The largest absolute Gasteiger partial charge is 0.480 e. The maximum Gasteiger partial charge on any atom is 0.328 e. The van der Waals surface area contributed by atoms with E-state index in [-0.39, 0.29) is 5.57 Å². The van der Waals surface area contributed by atoms with E-state index < -0.39 is 37.9 Å². The lowest BCUT2D eigenvalue weighted by Crippen LogP contribution is -2.58. The fourth-order valence-corrected chi connectivity index (χ4v) is 5.26. The highest BCUT2D eigenvalue weighted by atomic mass is 32.2. The van der Waals surface area contributed by atoms with E-state index >= 15 is 0 Å². The first-order valence-electron chi connectivity index (χ1n) is 7.28. The number of carboxylic acid groups (broad SMARTS) is 1. The minimum absolute atomic E-state index is 0.0415. The molecule has 0 saturated carbocycles. The summed E-state index contributed by atoms with van der Waals surface area (Å²) in [4.78, 5) is 28.9. The summed E-state index contributed by atoms with van der Waals surface area (Å²) in [5, 5.41) is 8.11. The lowest BCUT2D eigenvalue weighted by Gasteiger charge is -2.37. The highest BCUT2D eigenvalue weighted by molar-refractivity contribution is 7.94. The Hall–Kier alpha value is -2.26. The molecule has 1 unspecified atom stereocenters. The standard InChI is InChI=1S/C15H17N3O5S/c1-15(2)11(14(20)21)18-12(19)10(13(18)24(15,22)23)5-9-4-3-8(6-16)7-17-9/h3-5,7,11,13H,6,16H2,1-2H3,(H,20,21)/b10-5-/t11-,13?/m0/s1. The van der Waals surface area contributed by atoms with Crippen molar-refractivity contribution < 1.29 is 23.1 Å². The summed E-state index contributed by atoms with van der Waals surface area (Å²) in [6, 6.07) is 1.96. The van der Waals surface area contributed by atoms with Gasteiger partial charge in [0, 0.05) is 12.7 Å². The molecule has 9 heteroatoms. The molecular formula is C15H17N3O5S. The van der Waals surface area contributed by atoms with Gasteiger partial charge in [-0.2, -0.15) is 0 Å². The summed E-state index contributed by atoms with van der Waals surface area (Å²) in [5.41, 5.74) is 6.75. The number of β-lactam (4-membered cyclic amide) rings is 1. The fourth-order valence-electron chi connectivity index (χ4n) is 3.14. The molecule has 3 rings (SSSR count). The molecule has 24 heavy (non-hydrogen) atoms. The number of sulfone groups is 1. The van der Waals surface area contributed by atoms with Gasteiger partial charge in [-0.05, 0) is 31.6 Å². The number of pyridine rings is 1. The number of carbonyl (C=O) groups excluding carboxylic acids is 1. The lowest BCUT2D eigenvalue weighted by atomic mass is 9.95. The molecule has 2 atom stereocenters. The van der Waals surface area contributed by atoms with Crippen LogP contribution in [0.4, 0.5) is 0 Å². The van der Waals surface area contributed by atoms with Crippen LogP contribution < -0.4 is 5.73 Å². The summed E-state index contributed by atoms with van der Waals surface area (Å²) in [6.07, 6.45) is 2.93. The van der Waals surface area contributed by atoms with Gasteiger partial charge in [-0.25, -0.2) is 13.2 Å². The third kappa shape index (κ3) is 2.01. The Labute approximate surface area is 138 Å². The molecule has 0 aromatic carbocycles. The van der Waals surface area contributed by atoms with Crippen molar-refractivity contribution in [2.45, 2.75) is 36.6 Å². The van der Waals surface area contributed by atoms with E-state index in [1.807, 2.05) is 0 Å². The zero-order chi connectivity index (χ0) is 17.9. The normalized spacial score (nSPS) is 28.5. The van der Waals surface area contributed by atoms with Gasteiger partial charge in [0.1, 0.15) is 4.75 Å². The molecule has 2 saturated heterocycles. The van der Waals surface area contributed by atoms with E-state index in [4.69, 9.17) is 5.73 Å². The van der Waals surface area contributed by atoms with Crippen LogP contribution in [0.2, 0.25) is 0 Å². The maximum atomic E-state index is 12.7. The average molecular weight is 351 g/mol. The van der Waals surface area contributed by atoms with Crippen molar-refractivity contribution in [2.24, 2.45) is 5.73 Å². The average Bonchev–Trinajstić information content (AvgIpc) is 2.66. The number of fused-ring (bicyclic) bond motifs is 1. The molecule has 128 valence electrons. The number of carboxylic acids is 1. The van der Waals surface area contributed by atoms with Crippen LogP contribution in [0, 0.1) is 0 Å². The molecule has 2 fully saturated rings. The molecule has 0 spiro atoms. The van der Waals surface area contributed by atoms with Gasteiger partial charge < -0.3 is 15.7 Å². The van der Waals surface area contributed by atoms with Gasteiger partial charge in [0.2, 0.25) is 0 Å². The third-order valence-electron chi connectivity index (χ3n) is 4.58. The SMILES string of the molecule is CC1(C)[C@H](C(=O)O)N2C(=O)/C(=C/c3ccc(CN)cn3)C2S1(=O)=O. The number of amides is 1. The molecule has 0 radical (unpaired) electrons.